The Balaban J connectivity index is 0.000000217. The number of hydrogen-bond acceptors (Lipinski definition) is 9. The standard InChI is InChI=1S/C19H30N2O2.C19H26N2O2.C15H19N.C8H5NO/c2*1-19(2,3)23-18(22)21(17-7-5-4-6-8-17)14-16-11-9-15(13-20)10-12-16;16-12-15-10-8-14(9-11-15)7-6-13-4-2-1-3-5-13;9-5-7-1-3-8(6-10)4-2-7/h9-12,17H,4-8,13-14,20H2,1-3H3;9-12,17H,4-8,14H2,1-3H3;8-11,13H,1-7H2;1-4,6H. The second kappa shape index (κ2) is 30.4. The minimum atomic E-state index is -0.491. The molecule has 0 radical (unpaired) electrons. The molecule has 7 rings (SSSR count). The van der Waals surface area contributed by atoms with Crippen molar-refractivity contribution >= 4 is 18.5 Å². The van der Waals surface area contributed by atoms with E-state index in [0.29, 0.717) is 36.3 Å². The molecule has 0 unspecified atom stereocenters. The van der Waals surface area contributed by atoms with Gasteiger partial charge in [-0.1, -0.05) is 131 Å². The average Bonchev–Trinajstić information content (AvgIpc) is 3.39. The van der Waals surface area contributed by atoms with Crippen molar-refractivity contribution in [3.05, 3.63) is 142 Å². The molecule has 0 bridgehead atoms. The molecule has 0 saturated heterocycles. The number of amides is 2. The van der Waals surface area contributed by atoms with Gasteiger partial charge in [-0.25, -0.2) is 9.59 Å². The first-order valence-corrected chi connectivity index (χ1v) is 26.2. The normalized spacial score (nSPS) is 15.1. The molecular weight excluding hydrogens is 897 g/mol. The summed E-state index contributed by atoms with van der Waals surface area (Å²) in [4.78, 5) is 39.2. The van der Waals surface area contributed by atoms with Crippen molar-refractivity contribution in [3.8, 4) is 18.2 Å². The molecule has 0 atom stereocenters. The van der Waals surface area contributed by atoms with Crippen LogP contribution >= 0.6 is 0 Å². The molecule has 11 nitrogen and oxygen atoms in total. The summed E-state index contributed by atoms with van der Waals surface area (Å²) in [5, 5.41) is 26.0. The summed E-state index contributed by atoms with van der Waals surface area (Å²) in [5.41, 5.74) is 11.9. The minimum Gasteiger partial charge on any atom is -0.444 e. The number of benzene rings is 4. The highest BCUT2D eigenvalue weighted by Gasteiger charge is 2.31. The maximum Gasteiger partial charge on any atom is 0.410 e. The summed E-state index contributed by atoms with van der Waals surface area (Å²) in [6.45, 7) is 13.1. The van der Waals surface area contributed by atoms with Gasteiger partial charge >= 0.3 is 12.2 Å². The zero-order valence-corrected chi connectivity index (χ0v) is 44.0. The van der Waals surface area contributed by atoms with Crippen LogP contribution in [0.25, 0.3) is 0 Å². The van der Waals surface area contributed by atoms with Gasteiger partial charge < -0.3 is 25.0 Å². The van der Waals surface area contributed by atoms with Crippen LogP contribution in [0.2, 0.25) is 0 Å². The van der Waals surface area contributed by atoms with E-state index in [1.807, 2.05) is 93.8 Å². The molecule has 3 saturated carbocycles. The van der Waals surface area contributed by atoms with E-state index in [1.54, 1.807) is 36.4 Å². The molecule has 384 valence electrons. The Morgan fingerprint density at radius 2 is 0.861 bits per heavy atom. The average molecular weight is 977 g/mol. The van der Waals surface area contributed by atoms with E-state index in [-0.39, 0.29) is 24.3 Å². The summed E-state index contributed by atoms with van der Waals surface area (Å²) in [6.07, 6.45) is 21.4. The van der Waals surface area contributed by atoms with E-state index >= 15 is 0 Å². The first-order valence-electron chi connectivity index (χ1n) is 26.2. The number of carbonyl (C=O) groups excluding carboxylic acids is 3. The van der Waals surface area contributed by atoms with Gasteiger partial charge in [0.15, 0.2) is 0 Å². The van der Waals surface area contributed by atoms with Gasteiger partial charge in [0.25, 0.3) is 0 Å². The van der Waals surface area contributed by atoms with Crippen molar-refractivity contribution in [1.29, 1.82) is 15.8 Å². The Morgan fingerprint density at radius 1 is 0.528 bits per heavy atom. The van der Waals surface area contributed by atoms with Crippen LogP contribution in [-0.2, 0) is 35.5 Å². The molecule has 0 spiro atoms. The predicted molar refractivity (Wildman–Crippen MR) is 285 cm³/mol. The van der Waals surface area contributed by atoms with Crippen molar-refractivity contribution < 1.29 is 23.9 Å². The van der Waals surface area contributed by atoms with Gasteiger partial charge in [0.2, 0.25) is 0 Å². The lowest BCUT2D eigenvalue weighted by Gasteiger charge is -2.35. The van der Waals surface area contributed by atoms with Crippen LogP contribution < -0.4 is 5.73 Å². The largest absolute Gasteiger partial charge is 0.444 e. The molecule has 4 aromatic rings. The maximum absolute atomic E-state index is 12.7. The van der Waals surface area contributed by atoms with E-state index < -0.39 is 11.2 Å². The van der Waals surface area contributed by atoms with Gasteiger partial charge in [-0.3, -0.25) is 4.79 Å². The molecule has 3 aliphatic rings. The SMILES string of the molecule is CC(C)(C)OC(=O)N(Cc1ccc(C#N)cc1)C1CCCCC1.CC(C)(C)OC(=O)N(Cc1ccc(CN)cc1)C1CCCCC1.N#Cc1ccc(C=O)cc1.N#Cc1ccc(CCC2CCCCC2)cc1. The van der Waals surface area contributed by atoms with Crippen molar-refractivity contribution in [2.24, 2.45) is 11.7 Å². The molecule has 2 N–H and O–H groups in total. The van der Waals surface area contributed by atoms with E-state index in [1.165, 1.54) is 76.2 Å². The summed E-state index contributed by atoms with van der Waals surface area (Å²) in [5.74, 6) is 0.949. The molecule has 4 aromatic carbocycles. The molecule has 3 fully saturated rings. The third-order valence-corrected chi connectivity index (χ3v) is 13.2. The van der Waals surface area contributed by atoms with Crippen molar-refractivity contribution in [2.45, 2.75) is 194 Å². The zero-order valence-electron chi connectivity index (χ0n) is 44.0. The van der Waals surface area contributed by atoms with E-state index in [4.69, 9.17) is 31.0 Å². The van der Waals surface area contributed by atoms with Gasteiger partial charge in [-0.2, -0.15) is 15.8 Å². The van der Waals surface area contributed by atoms with E-state index in [0.717, 1.165) is 73.0 Å². The Labute approximate surface area is 431 Å². The number of ether oxygens (including phenoxy) is 2. The Bertz CT molecular complexity index is 2350. The maximum atomic E-state index is 12.7. The first kappa shape index (κ1) is 58.1. The van der Waals surface area contributed by atoms with E-state index in [2.05, 4.69) is 36.4 Å². The summed E-state index contributed by atoms with van der Waals surface area (Å²) < 4.78 is 11.2. The van der Waals surface area contributed by atoms with Gasteiger partial charge in [0, 0.05) is 37.3 Å². The van der Waals surface area contributed by atoms with Crippen molar-refractivity contribution in [3.63, 3.8) is 0 Å². The zero-order chi connectivity index (χ0) is 52.4. The third kappa shape index (κ3) is 21.9. The smallest absolute Gasteiger partial charge is 0.410 e. The molecular formula is C61H80N6O5. The number of aryl methyl sites for hydroxylation is 1. The lowest BCUT2D eigenvalue weighted by molar-refractivity contribution is 0.00889. The summed E-state index contributed by atoms with van der Waals surface area (Å²) in [6, 6.07) is 36.9. The van der Waals surface area contributed by atoms with Gasteiger partial charge in [0.1, 0.15) is 17.5 Å². The number of nitrogens with zero attached hydrogens (tertiary/aromatic N) is 5. The van der Waals surface area contributed by atoms with Crippen LogP contribution in [-0.4, -0.2) is 51.6 Å². The fourth-order valence-electron chi connectivity index (χ4n) is 9.20. The molecule has 3 aliphatic carbocycles. The topological polar surface area (TPSA) is 174 Å². The van der Waals surface area contributed by atoms with Crippen LogP contribution in [0.15, 0.2) is 97.1 Å². The summed E-state index contributed by atoms with van der Waals surface area (Å²) in [7, 11) is 0. The van der Waals surface area contributed by atoms with Crippen LogP contribution in [0.4, 0.5) is 9.59 Å². The van der Waals surface area contributed by atoms with Crippen molar-refractivity contribution in [2.75, 3.05) is 0 Å². The molecule has 0 aliphatic heterocycles. The monoisotopic (exact) mass is 977 g/mol. The molecule has 0 aromatic heterocycles. The minimum absolute atomic E-state index is 0.202. The quantitative estimate of drug-likeness (QED) is 0.143. The predicted octanol–water partition coefficient (Wildman–Crippen LogP) is 14.3. The van der Waals surface area contributed by atoms with Gasteiger partial charge in [0.05, 0.1) is 34.9 Å². The molecule has 2 amide bonds. The number of carbonyl (C=O) groups is 3. The second-order valence-electron chi connectivity index (χ2n) is 21.3. The number of rotatable bonds is 11. The molecule has 0 heterocycles. The molecule has 11 heteroatoms. The summed E-state index contributed by atoms with van der Waals surface area (Å²) >= 11 is 0. The number of nitriles is 3. The number of aldehydes is 1. The Morgan fingerprint density at radius 3 is 1.21 bits per heavy atom. The Kier molecular flexibility index (Phi) is 24.5. The lowest BCUT2D eigenvalue weighted by atomic mass is 9.85. The first-order chi connectivity index (χ1) is 34.5. The fourth-order valence-corrected chi connectivity index (χ4v) is 9.20. The third-order valence-electron chi connectivity index (χ3n) is 13.2. The highest BCUT2D eigenvalue weighted by Crippen LogP contribution is 2.29. The van der Waals surface area contributed by atoms with E-state index in [9.17, 15) is 14.4 Å². The van der Waals surface area contributed by atoms with Gasteiger partial charge in [-0.05, 0) is 145 Å². The number of nitrogens with two attached hydrogens (primary N) is 1. The van der Waals surface area contributed by atoms with Gasteiger partial charge in [-0.15, -0.1) is 0 Å². The Hall–Kier alpha value is -6.48. The second-order valence-corrected chi connectivity index (χ2v) is 21.3. The highest BCUT2D eigenvalue weighted by atomic mass is 16.6. The lowest BCUT2D eigenvalue weighted by Crippen LogP contribution is -2.43. The molecule has 72 heavy (non-hydrogen) atoms. The van der Waals surface area contributed by atoms with Crippen LogP contribution in [0.1, 0.15) is 194 Å². The van der Waals surface area contributed by atoms with Crippen LogP contribution in [0, 0.1) is 39.9 Å². The number of hydrogen-bond donors (Lipinski definition) is 1. The van der Waals surface area contributed by atoms with Crippen LogP contribution in [0.3, 0.4) is 0 Å². The van der Waals surface area contributed by atoms with Crippen LogP contribution in [0.5, 0.6) is 0 Å². The highest BCUT2D eigenvalue weighted by molar-refractivity contribution is 5.74. The fraction of sp³-hybridized carbons (Fsp3) is 0.508. The van der Waals surface area contributed by atoms with Crippen molar-refractivity contribution in [1.82, 2.24) is 9.80 Å².